The molecule has 1 aromatic carbocycles. The molecule has 0 aromatic heterocycles. The number of rotatable bonds is 18. The Hall–Kier alpha value is -3.17. The number of benzene rings is 1. The van der Waals surface area contributed by atoms with Gasteiger partial charge in [-0.15, -0.1) is 13.2 Å². The smallest absolute Gasteiger partial charge is 0.312 e. The number of ether oxygens (including phenoxy) is 2. The monoisotopic (exact) mass is 595 g/mol. The second-order valence-corrected chi connectivity index (χ2v) is 11.7. The molecule has 1 spiro atoms. The lowest BCUT2D eigenvalue weighted by atomic mass is 9.70. The minimum Gasteiger partial charge on any atom is -0.465 e. The van der Waals surface area contributed by atoms with Crippen molar-refractivity contribution >= 4 is 29.2 Å². The molecule has 3 heterocycles. The number of carbonyl (C=O) groups is 3. The molecule has 2 unspecified atom stereocenters. The van der Waals surface area contributed by atoms with Gasteiger partial charge in [0, 0.05) is 44.2 Å². The van der Waals surface area contributed by atoms with Crippen LogP contribution in [-0.2, 0) is 23.9 Å². The van der Waals surface area contributed by atoms with Crippen molar-refractivity contribution in [2.45, 2.75) is 83.0 Å². The Balaban J connectivity index is 1.63. The summed E-state index contributed by atoms with van der Waals surface area (Å²) in [6, 6.07) is 7.03. The van der Waals surface area contributed by atoms with Crippen LogP contribution in [0.1, 0.15) is 65.2 Å². The van der Waals surface area contributed by atoms with E-state index in [1.807, 2.05) is 30.3 Å². The van der Waals surface area contributed by atoms with Crippen molar-refractivity contribution in [2.24, 2.45) is 11.8 Å². The number of hydrogen-bond acceptors (Lipinski definition) is 7. The summed E-state index contributed by atoms with van der Waals surface area (Å²) in [5.74, 6) is -2.33. The molecule has 2 amide bonds. The number of aliphatic hydroxyl groups excluding tert-OH is 1. The fraction of sp³-hybridized carbons (Fsp3) is 0.618. The van der Waals surface area contributed by atoms with Crippen LogP contribution in [0, 0.1) is 11.8 Å². The van der Waals surface area contributed by atoms with Crippen molar-refractivity contribution in [1.29, 1.82) is 0 Å². The van der Waals surface area contributed by atoms with Gasteiger partial charge in [0.25, 0.3) is 5.91 Å². The summed E-state index contributed by atoms with van der Waals surface area (Å²) in [5.41, 5.74) is 0.711. The third-order valence-electron chi connectivity index (χ3n) is 9.28. The minimum atomic E-state index is -1.08. The lowest BCUT2D eigenvalue weighted by molar-refractivity contribution is -0.155. The molecule has 2 bridgehead atoms. The zero-order valence-electron chi connectivity index (χ0n) is 25.9. The van der Waals surface area contributed by atoms with E-state index in [1.54, 1.807) is 15.9 Å². The van der Waals surface area contributed by atoms with Crippen LogP contribution >= 0.6 is 0 Å². The van der Waals surface area contributed by atoms with E-state index < -0.39 is 35.6 Å². The molecule has 3 saturated heterocycles. The number of likely N-dealkylation sites (tertiary alicyclic amines) is 1. The van der Waals surface area contributed by atoms with Crippen molar-refractivity contribution in [3.8, 4) is 0 Å². The highest BCUT2D eigenvalue weighted by atomic mass is 16.6. The molecule has 236 valence electrons. The SMILES string of the molecule is C=CCCCCOC(=O)[C@@H]1[C@@H]2CCC3(O2)C(C(=O)N(CC=C)c2ccc(N(CC)CC)cc2)N(CCCCCO)C(=O)[C@H]13. The third-order valence-corrected chi connectivity index (χ3v) is 9.28. The largest absolute Gasteiger partial charge is 0.465 e. The van der Waals surface area contributed by atoms with Gasteiger partial charge in [0.2, 0.25) is 5.91 Å². The molecule has 1 aromatic rings. The van der Waals surface area contributed by atoms with E-state index in [4.69, 9.17) is 9.47 Å². The minimum absolute atomic E-state index is 0.0744. The molecule has 0 saturated carbocycles. The van der Waals surface area contributed by atoms with Gasteiger partial charge in [-0.05, 0) is 89.5 Å². The summed E-state index contributed by atoms with van der Waals surface area (Å²) in [6.45, 7) is 14.6. The van der Waals surface area contributed by atoms with Crippen molar-refractivity contribution in [3.63, 3.8) is 0 Å². The Morgan fingerprint density at radius 1 is 1.07 bits per heavy atom. The number of unbranched alkanes of at least 4 members (excludes halogenated alkanes) is 4. The van der Waals surface area contributed by atoms with E-state index in [0.29, 0.717) is 32.2 Å². The Morgan fingerprint density at radius 2 is 1.79 bits per heavy atom. The second kappa shape index (κ2) is 15.0. The molecule has 3 aliphatic heterocycles. The summed E-state index contributed by atoms with van der Waals surface area (Å²) in [6.07, 6.45) is 8.65. The average molecular weight is 596 g/mol. The molecule has 3 fully saturated rings. The molecule has 4 rings (SSSR count). The number of anilines is 2. The van der Waals surface area contributed by atoms with Crippen molar-refractivity contribution < 1.29 is 29.0 Å². The Bertz CT molecular complexity index is 1140. The van der Waals surface area contributed by atoms with Gasteiger partial charge < -0.3 is 29.3 Å². The lowest BCUT2D eigenvalue weighted by Crippen LogP contribution is -2.56. The van der Waals surface area contributed by atoms with Gasteiger partial charge in [-0.1, -0.05) is 12.2 Å². The van der Waals surface area contributed by atoms with E-state index in [9.17, 15) is 19.5 Å². The van der Waals surface area contributed by atoms with Crippen molar-refractivity contribution in [1.82, 2.24) is 4.90 Å². The first kappa shape index (κ1) is 32.7. The van der Waals surface area contributed by atoms with Crippen molar-refractivity contribution in [3.05, 3.63) is 49.6 Å². The Morgan fingerprint density at radius 3 is 2.44 bits per heavy atom. The average Bonchev–Trinajstić information content (AvgIpc) is 3.66. The predicted octanol–water partition coefficient (Wildman–Crippen LogP) is 4.49. The van der Waals surface area contributed by atoms with Gasteiger partial charge in [0.1, 0.15) is 11.6 Å². The summed E-state index contributed by atoms with van der Waals surface area (Å²) in [4.78, 5) is 47.7. The van der Waals surface area contributed by atoms with Crippen LogP contribution in [0.4, 0.5) is 11.4 Å². The zero-order chi connectivity index (χ0) is 31.0. The summed E-state index contributed by atoms with van der Waals surface area (Å²) in [7, 11) is 0. The van der Waals surface area contributed by atoms with E-state index in [-0.39, 0.29) is 31.6 Å². The van der Waals surface area contributed by atoms with Crippen LogP contribution in [-0.4, -0.2) is 84.9 Å². The zero-order valence-corrected chi connectivity index (χ0v) is 25.9. The third kappa shape index (κ3) is 6.53. The number of nitrogens with zero attached hydrogens (tertiary/aromatic N) is 3. The van der Waals surface area contributed by atoms with Crippen LogP contribution in [0.2, 0.25) is 0 Å². The first-order chi connectivity index (χ1) is 20.9. The molecule has 9 heteroatoms. The first-order valence-electron chi connectivity index (χ1n) is 16.0. The van der Waals surface area contributed by atoms with Crippen LogP contribution in [0.15, 0.2) is 49.6 Å². The Labute approximate surface area is 256 Å². The molecule has 0 radical (unpaired) electrons. The first-order valence-corrected chi connectivity index (χ1v) is 16.0. The van der Waals surface area contributed by atoms with Gasteiger partial charge in [-0.3, -0.25) is 14.4 Å². The van der Waals surface area contributed by atoms with Crippen LogP contribution < -0.4 is 9.80 Å². The normalized spacial score (nSPS) is 25.5. The number of esters is 1. The molecule has 0 aliphatic carbocycles. The highest BCUT2D eigenvalue weighted by molar-refractivity contribution is 6.04. The number of amides is 2. The molecule has 3 aliphatic rings. The van der Waals surface area contributed by atoms with Crippen molar-refractivity contribution in [2.75, 3.05) is 49.2 Å². The van der Waals surface area contributed by atoms with Gasteiger partial charge in [-0.25, -0.2) is 0 Å². The maximum atomic E-state index is 14.6. The fourth-order valence-electron chi connectivity index (χ4n) is 7.20. The van der Waals surface area contributed by atoms with Crippen LogP contribution in [0.25, 0.3) is 0 Å². The maximum absolute atomic E-state index is 14.6. The number of carbonyl (C=O) groups excluding carboxylic acids is 3. The summed E-state index contributed by atoms with van der Waals surface area (Å²) in [5, 5.41) is 9.29. The number of hydrogen-bond donors (Lipinski definition) is 1. The van der Waals surface area contributed by atoms with Crippen LogP contribution in [0.3, 0.4) is 0 Å². The van der Waals surface area contributed by atoms with E-state index in [1.165, 1.54) is 0 Å². The van der Waals surface area contributed by atoms with Crippen LogP contribution in [0.5, 0.6) is 0 Å². The van der Waals surface area contributed by atoms with E-state index in [2.05, 4.69) is 31.9 Å². The molecule has 5 atom stereocenters. The number of aliphatic hydroxyl groups is 1. The van der Waals surface area contributed by atoms with Gasteiger partial charge in [-0.2, -0.15) is 0 Å². The molecule has 9 nitrogen and oxygen atoms in total. The van der Waals surface area contributed by atoms with Gasteiger partial charge in [0.15, 0.2) is 0 Å². The topological polar surface area (TPSA) is 99.6 Å². The molecular weight excluding hydrogens is 546 g/mol. The highest BCUT2D eigenvalue weighted by Crippen LogP contribution is 2.59. The molecule has 43 heavy (non-hydrogen) atoms. The number of allylic oxidation sites excluding steroid dienone is 1. The van der Waals surface area contributed by atoms with E-state index >= 15 is 0 Å². The Kier molecular flexibility index (Phi) is 11.4. The molecular formula is C34H49N3O6. The highest BCUT2D eigenvalue weighted by Gasteiger charge is 2.75. The summed E-state index contributed by atoms with van der Waals surface area (Å²) >= 11 is 0. The quantitative estimate of drug-likeness (QED) is 0.152. The fourth-order valence-corrected chi connectivity index (χ4v) is 7.20. The standard InChI is InChI=1S/C34H49N3O6/c1-5-9-10-14-24-42-33(41)28-27-19-20-34(43-27)29(28)31(39)37(22-12-11-13-23-38)30(34)32(40)36(21-6-2)26-17-15-25(16-18-26)35(7-3)8-4/h5-6,15-18,27-30,38H,1-2,7-14,19-24H2,3-4H3/t27-,28+,29-,30?,34?/m0/s1. The van der Waals surface area contributed by atoms with Gasteiger partial charge in [0.05, 0.1) is 24.5 Å². The summed E-state index contributed by atoms with van der Waals surface area (Å²) < 4.78 is 12.2. The second-order valence-electron chi connectivity index (χ2n) is 11.7. The number of fused-ring (bicyclic) bond motifs is 1. The predicted molar refractivity (Wildman–Crippen MR) is 168 cm³/mol. The maximum Gasteiger partial charge on any atom is 0.312 e. The van der Waals surface area contributed by atoms with E-state index in [0.717, 1.165) is 50.1 Å². The van der Waals surface area contributed by atoms with Gasteiger partial charge >= 0.3 is 5.97 Å². The molecule has 1 N–H and O–H groups in total. The lowest BCUT2D eigenvalue weighted by Gasteiger charge is -2.37.